The second-order valence-corrected chi connectivity index (χ2v) is 5.25. The zero-order chi connectivity index (χ0) is 13.2. The van der Waals surface area contributed by atoms with Crippen LogP contribution in [0, 0.1) is 12.8 Å². The number of aliphatic hydroxyl groups is 1. The lowest BCUT2D eigenvalue weighted by Crippen LogP contribution is -2.30. The molecule has 3 rings (SSSR count). The Morgan fingerprint density at radius 2 is 2.15 bits per heavy atom. The summed E-state index contributed by atoms with van der Waals surface area (Å²) in [5.74, 6) is 1.28. The van der Waals surface area contributed by atoms with Gasteiger partial charge in [0, 0.05) is 43.0 Å². The molecular formula is C15H21ClN2O2. The number of β-amino-alcohol motifs (C(OH)–C–C–N with tert-alkyl or cyclic N) is 1. The van der Waals surface area contributed by atoms with Crippen molar-refractivity contribution in [3.05, 3.63) is 35.6 Å². The van der Waals surface area contributed by atoms with Gasteiger partial charge < -0.3 is 20.2 Å². The molecule has 2 atom stereocenters. The van der Waals surface area contributed by atoms with Gasteiger partial charge in [0.05, 0.1) is 6.10 Å². The van der Waals surface area contributed by atoms with Gasteiger partial charge in [-0.25, -0.2) is 0 Å². The molecule has 4 nitrogen and oxygen atoms in total. The standard InChI is InChI=1S/C15H20N2O2.ClH/c1-10-13(12-4-2-3-5-15(12)19-10)8-16-6-11-7-17-9-14(11)18;/h2-5,11,14,16-18H,6-9H2,1H3;1H. The van der Waals surface area contributed by atoms with E-state index in [-0.39, 0.29) is 18.5 Å². The number of aryl methyl sites for hydroxylation is 1. The third kappa shape index (κ3) is 2.99. The Labute approximate surface area is 125 Å². The fraction of sp³-hybridized carbons (Fsp3) is 0.467. The first kappa shape index (κ1) is 15.3. The molecule has 1 saturated heterocycles. The van der Waals surface area contributed by atoms with Crippen LogP contribution in [0.25, 0.3) is 11.0 Å². The van der Waals surface area contributed by atoms with E-state index in [2.05, 4.69) is 16.7 Å². The van der Waals surface area contributed by atoms with Gasteiger partial charge in [-0.3, -0.25) is 0 Å². The quantitative estimate of drug-likeness (QED) is 0.806. The lowest BCUT2D eigenvalue weighted by molar-refractivity contribution is 0.146. The molecule has 3 N–H and O–H groups in total. The Morgan fingerprint density at radius 3 is 2.90 bits per heavy atom. The first-order valence-corrected chi connectivity index (χ1v) is 6.82. The van der Waals surface area contributed by atoms with E-state index >= 15 is 0 Å². The van der Waals surface area contributed by atoms with Crippen molar-refractivity contribution in [1.29, 1.82) is 0 Å². The highest BCUT2D eigenvalue weighted by atomic mass is 35.5. The van der Waals surface area contributed by atoms with Crippen molar-refractivity contribution in [2.24, 2.45) is 5.92 Å². The molecule has 2 aromatic rings. The molecule has 1 aliphatic rings. The Balaban J connectivity index is 0.00000147. The van der Waals surface area contributed by atoms with Gasteiger partial charge in [-0.2, -0.15) is 0 Å². The van der Waals surface area contributed by atoms with Crippen molar-refractivity contribution in [2.45, 2.75) is 19.6 Å². The van der Waals surface area contributed by atoms with Gasteiger partial charge >= 0.3 is 0 Å². The smallest absolute Gasteiger partial charge is 0.134 e. The molecule has 1 fully saturated rings. The van der Waals surface area contributed by atoms with E-state index in [1.54, 1.807) is 0 Å². The van der Waals surface area contributed by atoms with Crippen LogP contribution in [0.2, 0.25) is 0 Å². The maximum atomic E-state index is 9.75. The summed E-state index contributed by atoms with van der Waals surface area (Å²) in [6, 6.07) is 8.11. The minimum Gasteiger partial charge on any atom is -0.461 e. The number of hydrogen-bond donors (Lipinski definition) is 3. The highest BCUT2D eigenvalue weighted by molar-refractivity contribution is 5.85. The minimum atomic E-state index is -0.227. The van der Waals surface area contributed by atoms with Gasteiger partial charge in [-0.05, 0) is 13.0 Å². The number of furan rings is 1. The number of nitrogens with one attached hydrogen (secondary N) is 2. The number of fused-ring (bicyclic) bond motifs is 1. The molecule has 2 unspecified atom stereocenters. The van der Waals surface area contributed by atoms with Crippen LogP contribution in [0.1, 0.15) is 11.3 Å². The molecule has 1 aromatic heterocycles. The molecule has 0 bridgehead atoms. The average molecular weight is 297 g/mol. The molecule has 2 heterocycles. The number of halogens is 1. The topological polar surface area (TPSA) is 57.4 Å². The maximum Gasteiger partial charge on any atom is 0.134 e. The molecular weight excluding hydrogens is 276 g/mol. The second kappa shape index (κ2) is 6.59. The Hall–Kier alpha value is -1.07. The molecule has 0 radical (unpaired) electrons. The molecule has 0 amide bonds. The Morgan fingerprint density at radius 1 is 1.35 bits per heavy atom. The monoisotopic (exact) mass is 296 g/mol. The number of benzene rings is 1. The van der Waals surface area contributed by atoms with Crippen molar-refractivity contribution >= 4 is 23.4 Å². The van der Waals surface area contributed by atoms with Gasteiger partial charge in [0.2, 0.25) is 0 Å². The summed E-state index contributed by atoms with van der Waals surface area (Å²) >= 11 is 0. The summed E-state index contributed by atoms with van der Waals surface area (Å²) in [5.41, 5.74) is 2.16. The SMILES string of the molecule is Cc1oc2ccccc2c1CNCC1CNCC1O.Cl. The Bertz CT molecular complexity index is 570. The summed E-state index contributed by atoms with van der Waals surface area (Å²) < 4.78 is 5.74. The average Bonchev–Trinajstić information content (AvgIpc) is 2.94. The van der Waals surface area contributed by atoms with E-state index < -0.39 is 0 Å². The fourth-order valence-electron chi connectivity index (χ4n) is 2.75. The van der Waals surface area contributed by atoms with Crippen LogP contribution in [-0.4, -0.2) is 30.8 Å². The second-order valence-electron chi connectivity index (χ2n) is 5.25. The van der Waals surface area contributed by atoms with Gasteiger partial charge in [-0.1, -0.05) is 18.2 Å². The third-order valence-corrected chi connectivity index (χ3v) is 3.91. The first-order chi connectivity index (χ1) is 9.25. The van der Waals surface area contributed by atoms with Crippen LogP contribution in [-0.2, 0) is 6.54 Å². The molecule has 0 spiro atoms. The van der Waals surface area contributed by atoms with Crippen molar-refractivity contribution in [3.63, 3.8) is 0 Å². The molecule has 0 saturated carbocycles. The highest BCUT2D eigenvalue weighted by Crippen LogP contribution is 2.25. The molecule has 20 heavy (non-hydrogen) atoms. The van der Waals surface area contributed by atoms with Crippen LogP contribution in [0.3, 0.4) is 0 Å². The van der Waals surface area contributed by atoms with Gasteiger partial charge in [0.15, 0.2) is 0 Å². The summed E-state index contributed by atoms with van der Waals surface area (Å²) in [6.07, 6.45) is -0.227. The van der Waals surface area contributed by atoms with Crippen LogP contribution in [0.4, 0.5) is 0 Å². The zero-order valence-electron chi connectivity index (χ0n) is 11.6. The predicted octanol–water partition coefficient (Wildman–Crippen LogP) is 1.83. The van der Waals surface area contributed by atoms with Crippen molar-refractivity contribution < 1.29 is 9.52 Å². The largest absolute Gasteiger partial charge is 0.461 e. The minimum absolute atomic E-state index is 0. The van der Waals surface area contributed by atoms with Gasteiger partial charge in [-0.15, -0.1) is 12.4 Å². The van der Waals surface area contributed by atoms with Crippen LogP contribution in [0.5, 0.6) is 0 Å². The number of aliphatic hydroxyl groups excluding tert-OH is 1. The summed E-state index contributed by atoms with van der Waals surface area (Å²) in [7, 11) is 0. The Kier molecular flexibility index (Phi) is 5.05. The van der Waals surface area contributed by atoms with Gasteiger partial charge in [0.1, 0.15) is 11.3 Å². The van der Waals surface area contributed by atoms with Crippen molar-refractivity contribution in [1.82, 2.24) is 10.6 Å². The first-order valence-electron chi connectivity index (χ1n) is 6.82. The third-order valence-electron chi connectivity index (χ3n) is 3.91. The lowest BCUT2D eigenvalue weighted by Gasteiger charge is -2.13. The lowest BCUT2D eigenvalue weighted by atomic mass is 10.1. The van der Waals surface area contributed by atoms with E-state index in [0.29, 0.717) is 12.5 Å². The number of hydrogen-bond acceptors (Lipinski definition) is 4. The van der Waals surface area contributed by atoms with E-state index in [9.17, 15) is 5.11 Å². The van der Waals surface area contributed by atoms with E-state index in [1.165, 1.54) is 10.9 Å². The van der Waals surface area contributed by atoms with Crippen LogP contribution >= 0.6 is 12.4 Å². The highest BCUT2D eigenvalue weighted by Gasteiger charge is 2.24. The summed E-state index contributed by atoms with van der Waals surface area (Å²) in [4.78, 5) is 0. The molecule has 0 aliphatic carbocycles. The van der Waals surface area contributed by atoms with E-state index in [1.807, 2.05) is 25.1 Å². The molecule has 110 valence electrons. The zero-order valence-corrected chi connectivity index (χ0v) is 12.4. The van der Waals surface area contributed by atoms with Crippen LogP contribution in [0.15, 0.2) is 28.7 Å². The molecule has 1 aromatic carbocycles. The normalized spacial score (nSPS) is 22.1. The summed E-state index contributed by atoms with van der Waals surface area (Å²) in [6.45, 7) is 5.21. The number of para-hydroxylation sites is 1. The van der Waals surface area contributed by atoms with Crippen molar-refractivity contribution in [3.8, 4) is 0 Å². The predicted molar refractivity (Wildman–Crippen MR) is 82.3 cm³/mol. The van der Waals surface area contributed by atoms with Crippen molar-refractivity contribution in [2.75, 3.05) is 19.6 Å². The fourth-order valence-corrected chi connectivity index (χ4v) is 2.75. The van der Waals surface area contributed by atoms with E-state index in [0.717, 1.165) is 31.0 Å². The molecule has 5 heteroatoms. The molecule has 1 aliphatic heterocycles. The maximum absolute atomic E-state index is 9.75. The number of rotatable bonds is 4. The van der Waals surface area contributed by atoms with E-state index in [4.69, 9.17) is 4.42 Å². The van der Waals surface area contributed by atoms with Crippen LogP contribution < -0.4 is 10.6 Å². The van der Waals surface area contributed by atoms with Gasteiger partial charge in [0.25, 0.3) is 0 Å². The summed E-state index contributed by atoms with van der Waals surface area (Å²) in [5, 5.41) is 17.6.